The van der Waals surface area contributed by atoms with Gasteiger partial charge in [-0.2, -0.15) is 4.98 Å². The van der Waals surface area contributed by atoms with E-state index in [0.29, 0.717) is 39.2 Å². The molecule has 4 rings (SSSR count). The predicted octanol–water partition coefficient (Wildman–Crippen LogP) is 3.66. The largest absolute Gasteiger partial charge is 0.496 e. The summed E-state index contributed by atoms with van der Waals surface area (Å²) in [6, 6.07) is 14.7. The number of ether oxygens (including phenoxy) is 1. The Morgan fingerprint density at radius 1 is 1.18 bits per heavy atom. The van der Waals surface area contributed by atoms with Gasteiger partial charge in [0, 0.05) is 10.6 Å². The molecular weight excluding hydrogens is 400 g/mol. The van der Waals surface area contributed by atoms with E-state index in [4.69, 9.17) is 26.7 Å². The van der Waals surface area contributed by atoms with Crippen LogP contribution in [-0.4, -0.2) is 32.1 Å². The third-order valence-corrected chi connectivity index (χ3v) is 5.05. The van der Waals surface area contributed by atoms with Crippen molar-refractivity contribution in [3.8, 4) is 28.5 Å². The summed E-state index contributed by atoms with van der Waals surface area (Å²) in [7, 11) is 1.60. The van der Waals surface area contributed by atoms with Gasteiger partial charge in [-0.15, -0.1) is 10.2 Å². The van der Waals surface area contributed by atoms with Crippen LogP contribution in [0, 0.1) is 0 Å². The number of thioether (sulfide) groups is 1. The van der Waals surface area contributed by atoms with Gasteiger partial charge >= 0.3 is 0 Å². The molecule has 142 valence electrons. The minimum Gasteiger partial charge on any atom is -0.496 e. The minimum absolute atomic E-state index is 0.396. The van der Waals surface area contributed by atoms with E-state index in [9.17, 15) is 0 Å². The topological polar surface area (TPSA) is 105 Å². The molecule has 0 amide bonds. The fourth-order valence-electron chi connectivity index (χ4n) is 2.58. The highest BCUT2D eigenvalue weighted by Gasteiger charge is 2.16. The van der Waals surface area contributed by atoms with Gasteiger partial charge in [-0.3, -0.25) is 0 Å². The summed E-state index contributed by atoms with van der Waals surface area (Å²) in [4.78, 5) is 4.42. The second-order valence-corrected chi connectivity index (χ2v) is 7.07. The Bertz CT molecular complexity index is 1110. The predicted molar refractivity (Wildman–Crippen MR) is 106 cm³/mol. The maximum Gasteiger partial charge on any atom is 0.237 e. The number of aromatic nitrogens is 5. The van der Waals surface area contributed by atoms with Crippen LogP contribution in [0.15, 0.2) is 58.2 Å². The van der Waals surface area contributed by atoms with Crippen LogP contribution in [0.2, 0.25) is 5.02 Å². The Morgan fingerprint density at radius 2 is 2.04 bits per heavy atom. The molecule has 0 bridgehead atoms. The monoisotopic (exact) mass is 414 g/mol. The second kappa shape index (κ2) is 7.91. The molecule has 0 spiro atoms. The molecule has 0 unspecified atom stereocenters. The minimum atomic E-state index is 0.396. The van der Waals surface area contributed by atoms with Crippen molar-refractivity contribution in [1.29, 1.82) is 0 Å². The fourth-order valence-corrected chi connectivity index (χ4v) is 3.46. The molecule has 0 radical (unpaired) electrons. The lowest BCUT2D eigenvalue weighted by Crippen LogP contribution is -2.11. The molecule has 0 aliphatic carbocycles. The van der Waals surface area contributed by atoms with E-state index in [1.807, 2.05) is 36.4 Å². The van der Waals surface area contributed by atoms with Crippen molar-refractivity contribution >= 4 is 23.4 Å². The molecule has 0 aliphatic heterocycles. The lowest BCUT2D eigenvalue weighted by Gasteiger charge is -2.03. The van der Waals surface area contributed by atoms with Crippen molar-refractivity contribution < 1.29 is 9.26 Å². The van der Waals surface area contributed by atoms with E-state index in [1.165, 1.54) is 16.4 Å². The van der Waals surface area contributed by atoms with Crippen LogP contribution in [0.1, 0.15) is 5.89 Å². The Balaban J connectivity index is 1.50. The molecule has 0 saturated carbocycles. The van der Waals surface area contributed by atoms with E-state index in [0.717, 1.165) is 11.1 Å². The number of hydrogen-bond acceptors (Lipinski definition) is 8. The molecule has 0 saturated heterocycles. The highest BCUT2D eigenvalue weighted by atomic mass is 35.5. The van der Waals surface area contributed by atoms with Crippen LogP contribution in [-0.2, 0) is 5.75 Å². The molecule has 4 aromatic rings. The molecule has 2 heterocycles. The van der Waals surface area contributed by atoms with E-state index >= 15 is 0 Å². The van der Waals surface area contributed by atoms with Crippen molar-refractivity contribution in [2.24, 2.45) is 0 Å². The second-order valence-electron chi connectivity index (χ2n) is 5.69. The Hall–Kier alpha value is -3.04. The molecule has 0 aliphatic rings. The number of halogens is 1. The first-order chi connectivity index (χ1) is 13.7. The number of nitrogens with zero attached hydrogens (tertiary/aromatic N) is 5. The number of nitrogens with two attached hydrogens (primary N) is 1. The van der Waals surface area contributed by atoms with Crippen molar-refractivity contribution in [2.75, 3.05) is 13.0 Å². The SMILES string of the molecule is COc1ccccc1-c1noc(CSc2nnc(-c3cccc(Cl)c3)n2N)n1. The highest BCUT2D eigenvalue weighted by molar-refractivity contribution is 7.98. The van der Waals surface area contributed by atoms with E-state index in [1.54, 1.807) is 19.2 Å². The zero-order chi connectivity index (χ0) is 19.5. The number of methoxy groups -OCH3 is 1. The van der Waals surface area contributed by atoms with Crippen LogP contribution in [0.3, 0.4) is 0 Å². The van der Waals surface area contributed by atoms with E-state index in [2.05, 4.69) is 20.3 Å². The van der Waals surface area contributed by atoms with Gasteiger partial charge in [0.15, 0.2) is 5.82 Å². The number of benzene rings is 2. The van der Waals surface area contributed by atoms with Crippen LogP contribution in [0.5, 0.6) is 5.75 Å². The summed E-state index contributed by atoms with van der Waals surface area (Å²) in [5.41, 5.74) is 1.54. The van der Waals surface area contributed by atoms with Crippen molar-refractivity contribution in [1.82, 2.24) is 25.0 Å². The number of hydrogen-bond donors (Lipinski definition) is 1. The van der Waals surface area contributed by atoms with Crippen LogP contribution in [0.4, 0.5) is 0 Å². The summed E-state index contributed by atoms with van der Waals surface area (Å²) in [6.45, 7) is 0. The standard InChI is InChI=1S/C18H15ClN6O2S/c1-26-14-8-3-2-7-13(14)16-21-15(27-24-16)10-28-18-23-22-17(25(18)20)11-5-4-6-12(19)9-11/h2-9H,10,20H2,1H3. The molecule has 0 atom stereocenters. The number of rotatable bonds is 6. The van der Waals surface area contributed by atoms with Gasteiger partial charge < -0.3 is 15.1 Å². The summed E-state index contributed by atoms with van der Waals surface area (Å²) in [5, 5.41) is 13.4. The van der Waals surface area contributed by atoms with Gasteiger partial charge in [-0.05, 0) is 24.3 Å². The molecule has 10 heteroatoms. The average Bonchev–Trinajstić information content (AvgIpc) is 3.33. The Labute approximate surface area is 169 Å². The van der Waals surface area contributed by atoms with Gasteiger partial charge in [0.2, 0.25) is 16.9 Å². The Morgan fingerprint density at radius 3 is 2.86 bits per heavy atom. The zero-order valence-electron chi connectivity index (χ0n) is 14.7. The summed E-state index contributed by atoms with van der Waals surface area (Å²) in [5.74, 6) is 8.62. The summed E-state index contributed by atoms with van der Waals surface area (Å²) >= 11 is 7.37. The summed E-state index contributed by atoms with van der Waals surface area (Å²) < 4.78 is 12.1. The first-order valence-electron chi connectivity index (χ1n) is 8.21. The fraction of sp³-hybridized carbons (Fsp3) is 0.111. The van der Waals surface area contributed by atoms with E-state index < -0.39 is 0 Å². The first kappa shape index (κ1) is 18.3. The van der Waals surface area contributed by atoms with Crippen LogP contribution < -0.4 is 10.6 Å². The number of para-hydroxylation sites is 1. The van der Waals surface area contributed by atoms with Gasteiger partial charge in [-0.25, -0.2) is 4.68 Å². The summed E-state index contributed by atoms with van der Waals surface area (Å²) in [6.07, 6.45) is 0. The van der Waals surface area contributed by atoms with Crippen molar-refractivity contribution in [2.45, 2.75) is 10.9 Å². The van der Waals surface area contributed by atoms with Crippen molar-refractivity contribution in [3.63, 3.8) is 0 Å². The van der Waals surface area contributed by atoms with Crippen molar-refractivity contribution in [3.05, 3.63) is 59.4 Å². The van der Waals surface area contributed by atoms with Gasteiger partial charge in [-0.1, -0.05) is 52.8 Å². The van der Waals surface area contributed by atoms with Gasteiger partial charge in [0.25, 0.3) is 0 Å². The lowest BCUT2D eigenvalue weighted by molar-refractivity contribution is 0.390. The van der Waals surface area contributed by atoms with Crippen LogP contribution >= 0.6 is 23.4 Å². The average molecular weight is 415 g/mol. The number of nitrogen functional groups attached to an aromatic ring is 1. The smallest absolute Gasteiger partial charge is 0.237 e. The van der Waals surface area contributed by atoms with Gasteiger partial charge in [0.05, 0.1) is 18.4 Å². The molecule has 2 aromatic heterocycles. The Kier molecular flexibility index (Phi) is 5.18. The quantitative estimate of drug-likeness (QED) is 0.376. The molecule has 2 aromatic carbocycles. The molecule has 2 N–H and O–H groups in total. The molecule has 8 nitrogen and oxygen atoms in total. The first-order valence-corrected chi connectivity index (χ1v) is 9.57. The maximum absolute atomic E-state index is 6.13. The normalized spacial score (nSPS) is 10.9. The highest BCUT2D eigenvalue weighted by Crippen LogP contribution is 2.29. The van der Waals surface area contributed by atoms with Crippen LogP contribution in [0.25, 0.3) is 22.8 Å². The maximum atomic E-state index is 6.13. The lowest BCUT2D eigenvalue weighted by atomic mass is 10.2. The van der Waals surface area contributed by atoms with E-state index in [-0.39, 0.29) is 0 Å². The zero-order valence-corrected chi connectivity index (χ0v) is 16.3. The van der Waals surface area contributed by atoms with Gasteiger partial charge in [0.1, 0.15) is 5.75 Å². The molecule has 0 fully saturated rings. The molecular formula is C18H15ClN6O2S. The molecule has 28 heavy (non-hydrogen) atoms. The third-order valence-electron chi connectivity index (χ3n) is 3.89. The third kappa shape index (κ3) is 3.67.